The van der Waals surface area contributed by atoms with Gasteiger partial charge in [-0.3, -0.25) is 0 Å². The van der Waals surface area contributed by atoms with Crippen LogP contribution in [0.1, 0.15) is 120 Å². The number of unbranched alkanes of at least 4 members (excludes halogenated alkanes) is 15. The lowest BCUT2D eigenvalue weighted by atomic mass is 10.0. The number of ether oxygens (including phenoxy) is 4. The fraction of sp³-hybridized carbons (Fsp3) is 0.622. The van der Waals surface area contributed by atoms with Crippen LogP contribution in [0.25, 0.3) is 22.4 Å². The molecule has 5 nitrogen and oxygen atoms in total. The van der Waals surface area contributed by atoms with Crippen molar-refractivity contribution in [2.45, 2.75) is 116 Å². The third-order valence-corrected chi connectivity index (χ3v) is 12.5. The van der Waals surface area contributed by atoms with E-state index in [1.165, 1.54) is 118 Å². The van der Waals surface area contributed by atoms with E-state index in [0.29, 0.717) is 26.4 Å². The van der Waals surface area contributed by atoms with Crippen molar-refractivity contribution in [2.24, 2.45) is 0 Å². The number of thioether (sulfide) groups is 2. The monoisotopic (exact) mass is 782 g/mol. The molecule has 3 aromatic rings. The fourth-order valence-corrected chi connectivity index (χ4v) is 8.96. The summed E-state index contributed by atoms with van der Waals surface area (Å²) in [6, 6.07) is 15.1. The lowest BCUT2D eigenvalue weighted by Gasteiger charge is -2.14. The number of thiazole rings is 1. The summed E-state index contributed by atoms with van der Waals surface area (Å²) in [5.74, 6) is 5.36. The second-order valence-corrected chi connectivity index (χ2v) is 17.4. The molecule has 53 heavy (non-hydrogen) atoms. The molecule has 0 saturated heterocycles. The summed E-state index contributed by atoms with van der Waals surface area (Å²) in [6.07, 6.45) is 31.1. The Kier molecular flexibility index (Phi) is 24.2. The van der Waals surface area contributed by atoms with Gasteiger partial charge in [-0.15, -0.1) is 0 Å². The number of allylic oxidation sites excluding steroid dienone is 2. The first-order valence-corrected chi connectivity index (χ1v) is 23.9. The van der Waals surface area contributed by atoms with E-state index in [-0.39, 0.29) is 0 Å². The van der Waals surface area contributed by atoms with Crippen LogP contribution in [-0.2, 0) is 16.0 Å². The van der Waals surface area contributed by atoms with E-state index < -0.39 is 0 Å². The summed E-state index contributed by atoms with van der Waals surface area (Å²) < 4.78 is 27.6. The number of rotatable bonds is 20. The first-order chi connectivity index (χ1) is 26.3. The van der Waals surface area contributed by atoms with Gasteiger partial charge in [0.05, 0.1) is 39.6 Å². The minimum Gasteiger partial charge on any atom is -0.489 e. The highest BCUT2D eigenvalue weighted by atomic mass is 32.2. The van der Waals surface area contributed by atoms with Gasteiger partial charge in [0.25, 0.3) is 5.01 Å². The molecule has 0 amide bonds. The maximum absolute atomic E-state index is 6.24. The molecule has 0 saturated carbocycles. The molecule has 0 spiro atoms. The second-order valence-electron chi connectivity index (χ2n) is 13.9. The molecular formula is C45H68NO4S3+. The molecule has 0 atom stereocenters. The van der Waals surface area contributed by atoms with Crippen LogP contribution < -0.4 is 14.0 Å². The summed E-state index contributed by atoms with van der Waals surface area (Å²) >= 11 is 5.58. The van der Waals surface area contributed by atoms with Crippen molar-refractivity contribution in [3.63, 3.8) is 0 Å². The number of aromatic nitrogens is 1. The van der Waals surface area contributed by atoms with Crippen molar-refractivity contribution in [1.29, 1.82) is 0 Å². The zero-order valence-corrected chi connectivity index (χ0v) is 35.2. The third-order valence-electron chi connectivity index (χ3n) is 9.56. The SMILES string of the molecule is CCCCCCCCCCCCCCCCCC[n+]1c(/C=C/C=C/c2ccc3c(c2)OCCSCCOCCOCCSCCO3)sc2ccccc21. The maximum Gasteiger partial charge on any atom is 0.262 e. The smallest absolute Gasteiger partial charge is 0.262 e. The molecule has 1 aliphatic rings. The van der Waals surface area contributed by atoms with Crippen LogP contribution in [0.4, 0.5) is 0 Å². The molecule has 1 aliphatic heterocycles. The summed E-state index contributed by atoms with van der Waals surface area (Å²) in [6.45, 7) is 7.46. The first-order valence-electron chi connectivity index (χ1n) is 20.8. The summed E-state index contributed by atoms with van der Waals surface area (Å²) in [4.78, 5) is 0. The van der Waals surface area contributed by atoms with E-state index in [0.717, 1.165) is 59.8 Å². The Morgan fingerprint density at radius 2 is 1.11 bits per heavy atom. The van der Waals surface area contributed by atoms with Crippen molar-refractivity contribution in [3.8, 4) is 11.5 Å². The van der Waals surface area contributed by atoms with E-state index in [9.17, 15) is 0 Å². The van der Waals surface area contributed by atoms with E-state index in [1.807, 2.05) is 40.9 Å². The highest BCUT2D eigenvalue weighted by molar-refractivity contribution is 7.99. The lowest BCUT2D eigenvalue weighted by molar-refractivity contribution is -0.669. The van der Waals surface area contributed by atoms with Crippen molar-refractivity contribution in [2.75, 3.05) is 62.7 Å². The first kappa shape index (κ1) is 43.8. The molecule has 0 radical (unpaired) electrons. The van der Waals surface area contributed by atoms with Gasteiger partial charge in [-0.25, -0.2) is 0 Å². The Morgan fingerprint density at radius 1 is 0.566 bits per heavy atom. The molecule has 0 N–H and O–H groups in total. The zero-order valence-electron chi connectivity index (χ0n) is 32.7. The Morgan fingerprint density at radius 3 is 1.75 bits per heavy atom. The van der Waals surface area contributed by atoms with Crippen LogP contribution in [0.2, 0.25) is 0 Å². The number of hydrogen-bond acceptors (Lipinski definition) is 7. The minimum atomic E-state index is 0.636. The van der Waals surface area contributed by atoms with Gasteiger partial charge in [-0.1, -0.05) is 145 Å². The van der Waals surface area contributed by atoms with Crippen molar-refractivity contribution < 1.29 is 23.5 Å². The van der Waals surface area contributed by atoms with E-state index in [4.69, 9.17) is 18.9 Å². The zero-order chi connectivity index (χ0) is 36.9. The number of para-hydroxylation sites is 1. The summed E-state index contributed by atoms with van der Waals surface area (Å²) in [5, 5.41) is 1.31. The Balaban J connectivity index is 1.20. The summed E-state index contributed by atoms with van der Waals surface area (Å²) in [7, 11) is 0. The highest BCUT2D eigenvalue weighted by Crippen LogP contribution is 2.30. The molecule has 294 valence electrons. The van der Waals surface area contributed by atoms with Crippen LogP contribution in [0, 0.1) is 0 Å². The fourth-order valence-electron chi connectivity index (χ4n) is 6.57. The second kappa shape index (κ2) is 29.3. The molecule has 2 heterocycles. The third kappa shape index (κ3) is 19.0. The number of aryl methyl sites for hydroxylation is 1. The molecule has 0 unspecified atom stereocenters. The van der Waals surface area contributed by atoms with E-state index in [1.54, 1.807) is 0 Å². The van der Waals surface area contributed by atoms with Gasteiger partial charge in [0.2, 0.25) is 5.52 Å². The van der Waals surface area contributed by atoms with Crippen LogP contribution in [0.15, 0.2) is 54.6 Å². The average Bonchev–Trinajstić information content (AvgIpc) is 3.53. The molecule has 1 aromatic heterocycles. The Hall–Kier alpha value is -1.97. The van der Waals surface area contributed by atoms with E-state index >= 15 is 0 Å². The Bertz CT molecular complexity index is 1420. The average molecular weight is 783 g/mol. The molecule has 2 aromatic carbocycles. The number of fused-ring (bicyclic) bond motifs is 2. The molecule has 0 bridgehead atoms. The van der Waals surface area contributed by atoms with Gasteiger partial charge in [0.15, 0.2) is 18.0 Å². The topological polar surface area (TPSA) is 40.8 Å². The van der Waals surface area contributed by atoms with Gasteiger partial charge in [-0.2, -0.15) is 28.1 Å². The molecule has 4 rings (SSSR count). The molecule has 0 fully saturated rings. The number of benzene rings is 2. The minimum absolute atomic E-state index is 0.636. The highest BCUT2D eigenvalue weighted by Gasteiger charge is 2.17. The largest absolute Gasteiger partial charge is 0.489 e. The number of hydrogen-bond donors (Lipinski definition) is 0. The van der Waals surface area contributed by atoms with Crippen LogP contribution >= 0.6 is 34.9 Å². The van der Waals surface area contributed by atoms with Crippen LogP contribution in [0.3, 0.4) is 0 Å². The lowest BCUT2D eigenvalue weighted by Crippen LogP contribution is -2.34. The van der Waals surface area contributed by atoms with Crippen molar-refractivity contribution in [3.05, 3.63) is 65.2 Å². The quantitative estimate of drug-likeness (QED) is 0.0646. The Labute approximate surface area is 334 Å². The van der Waals surface area contributed by atoms with Crippen molar-refractivity contribution in [1.82, 2.24) is 0 Å². The standard InChI is InChI=1S/C45H68NO4S3/c1-2-3-4-5-6-7-8-9-10-11-12-13-14-15-16-21-28-46-41-23-18-19-24-44(41)53-45(46)25-20-17-22-40-26-27-42-43(39-40)50-34-38-52-36-32-48-30-29-47-31-35-51-37-33-49-42/h17-20,22-27,39H,2-16,21,28-38H2,1H3/q+1/b22-17+,25-20+. The van der Waals surface area contributed by atoms with Crippen LogP contribution in [-0.4, -0.2) is 62.7 Å². The van der Waals surface area contributed by atoms with Gasteiger partial charge < -0.3 is 18.9 Å². The molecule has 8 heteroatoms. The summed E-state index contributed by atoms with van der Waals surface area (Å²) in [5.41, 5.74) is 2.45. The molecular weight excluding hydrogens is 715 g/mol. The molecule has 0 aliphatic carbocycles. The normalized spacial score (nSPS) is 15.6. The van der Waals surface area contributed by atoms with Gasteiger partial charge >= 0.3 is 0 Å². The maximum atomic E-state index is 6.24. The number of nitrogens with zero attached hydrogens (tertiary/aromatic N) is 1. The predicted octanol–water partition coefficient (Wildman–Crippen LogP) is 12.4. The van der Waals surface area contributed by atoms with Crippen molar-refractivity contribution >= 4 is 57.2 Å². The van der Waals surface area contributed by atoms with E-state index in [2.05, 4.69) is 72.2 Å². The van der Waals surface area contributed by atoms with Gasteiger partial charge in [-0.05, 0) is 30.2 Å². The van der Waals surface area contributed by atoms with Crippen LogP contribution in [0.5, 0.6) is 11.5 Å². The predicted molar refractivity (Wildman–Crippen MR) is 233 cm³/mol. The van der Waals surface area contributed by atoms with Gasteiger partial charge in [0.1, 0.15) is 4.70 Å². The van der Waals surface area contributed by atoms with Gasteiger partial charge in [0, 0.05) is 41.6 Å².